The monoisotopic (exact) mass is 324 g/mol. The second-order valence-corrected chi connectivity index (χ2v) is 8.52. The third-order valence-corrected chi connectivity index (χ3v) is 4.88. The van der Waals surface area contributed by atoms with Crippen LogP contribution in [0.3, 0.4) is 0 Å². The number of piperidine rings is 1. The molecule has 1 saturated heterocycles. The van der Waals surface area contributed by atoms with Gasteiger partial charge in [-0.25, -0.2) is 4.79 Å². The fraction of sp³-hybridized carbons (Fsp3) is 0.706. The number of ether oxygens (including phenoxy) is 1. The number of nitrogens with one attached hydrogen (secondary N) is 1. The van der Waals surface area contributed by atoms with Crippen molar-refractivity contribution >= 4 is 17.4 Å². The van der Waals surface area contributed by atoms with Crippen LogP contribution in [0.5, 0.6) is 0 Å². The number of rotatable bonds is 3. The van der Waals surface area contributed by atoms with E-state index < -0.39 is 5.60 Å². The lowest BCUT2D eigenvalue weighted by Crippen LogP contribution is -2.46. The first-order valence-corrected chi connectivity index (χ1v) is 8.83. The Morgan fingerprint density at radius 1 is 1.36 bits per heavy atom. The molecule has 0 aliphatic carbocycles. The van der Waals surface area contributed by atoms with E-state index in [1.54, 1.807) is 0 Å². The summed E-state index contributed by atoms with van der Waals surface area (Å²) in [5.41, 5.74) is 0.984. The Kier molecular flexibility index (Phi) is 5.50. The molecule has 0 saturated carbocycles. The van der Waals surface area contributed by atoms with Crippen molar-refractivity contribution in [1.82, 2.24) is 10.2 Å². The van der Waals surface area contributed by atoms with Gasteiger partial charge in [0.25, 0.3) is 0 Å². The van der Waals surface area contributed by atoms with Crippen LogP contribution in [-0.2, 0) is 11.3 Å². The summed E-state index contributed by atoms with van der Waals surface area (Å²) in [4.78, 5) is 16.6. The van der Waals surface area contributed by atoms with Crippen LogP contribution in [-0.4, -0.2) is 35.7 Å². The molecule has 2 rings (SSSR count). The molecule has 2 heterocycles. The summed E-state index contributed by atoms with van der Waals surface area (Å²) in [6.45, 7) is 12.5. The molecule has 0 aromatic carbocycles. The maximum atomic E-state index is 12.0. The summed E-state index contributed by atoms with van der Waals surface area (Å²) in [5.74, 6) is 0. The van der Waals surface area contributed by atoms with Gasteiger partial charge >= 0.3 is 6.09 Å². The van der Waals surface area contributed by atoms with Gasteiger partial charge < -0.3 is 15.0 Å². The van der Waals surface area contributed by atoms with Crippen LogP contribution < -0.4 is 5.32 Å². The van der Waals surface area contributed by atoms with Gasteiger partial charge in [0.1, 0.15) is 5.60 Å². The smallest absolute Gasteiger partial charge is 0.410 e. The molecule has 1 amide bonds. The molecule has 1 aromatic rings. The van der Waals surface area contributed by atoms with Gasteiger partial charge in [-0.2, -0.15) is 0 Å². The lowest BCUT2D eigenvalue weighted by molar-refractivity contribution is 0.0198. The zero-order chi connectivity index (χ0) is 16.3. The molecule has 1 fully saturated rings. The normalized spacial score (nSPS) is 16.9. The molecule has 0 atom stereocenters. The molecule has 1 N–H and O–H groups in total. The SMILES string of the molecule is Cc1cc(CNC2CCN(C(=O)OC(C)(C)C)CC2)c(C)s1. The van der Waals surface area contributed by atoms with Crippen molar-refractivity contribution in [3.63, 3.8) is 0 Å². The lowest BCUT2D eigenvalue weighted by atomic mass is 10.0. The number of amides is 1. The summed E-state index contributed by atoms with van der Waals surface area (Å²) in [6.07, 6.45) is 1.79. The Hall–Kier alpha value is -1.07. The highest BCUT2D eigenvalue weighted by molar-refractivity contribution is 7.12. The number of carbonyl (C=O) groups is 1. The highest BCUT2D eigenvalue weighted by atomic mass is 32.1. The van der Waals surface area contributed by atoms with Crippen LogP contribution in [0.25, 0.3) is 0 Å². The molecule has 1 aliphatic heterocycles. The summed E-state index contributed by atoms with van der Waals surface area (Å²) in [7, 11) is 0. The molecule has 0 bridgehead atoms. The summed E-state index contributed by atoms with van der Waals surface area (Å²) < 4.78 is 5.43. The molecule has 4 nitrogen and oxygen atoms in total. The Morgan fingerprint density at radius 3 is 2.50 bits per heavy atom. The average molecular weight is 324 g/mol. The van der Waals surface area contributed by atoms with E-state index in [2.05, 4.69) is 25.2 Å². The lowest BCUT2D eigenvalue weighted by Gasteiger charge is -2.33. The van der Waals surface area contributed by atoms with Gasteiger partial charge in [-0.3, -0.25) is 0 Å². The van der Waals surface area contributed by atoms with Crippen LogP contribution in [0, 0.1) is 13.8 Å². The van der Waals surface area contributed by atoms with Crippen molar-refractivity contribution in [2.75, 3.05) is 13.1 Å². The Labute approximate surface area is 137 Å². The second-order valence-electron chi connectivity index (χ2n) is 7.06. The molecule has 0 radical (unpaired) electrons. The quantitative estimate of drug-likeness (QED) is 0.918. The zero-order valence-electron chi connectivity index (χ0n) is 14.4. The summed E-state index contributed by atoms with van der Waals surface area (Å²) in [5, 5.41) is 3.63. The number of aryl methyl sites for hydroxylation is 2. The first-order valence-electron chi connectivity index (χ1n) is 8.02. The molecule has 0 unspecified atom stereocenters. The van der Waals surface area contributed by atoms with Gasteiger partial charge in [0, 0.05) is 35.4 Å². The Morgan fingerprint density at radius 2 is 2.00 bits per heavy atom. The Balaban J connectivity index is 1.75. The molecular formula is C17H28N2O2S. The van der Waals surface area contributed by atoms with E-state index in [0.29, 0.717) is 6.04 Å². The molecular weight excluding hydrogens is 296 g/mol. The van der Waals surface area contributed by atoms with Gasteiger partial charge in [0.2, 0.25) is 0 Å². The first kappa shape index (κ1) is 17.3. The first-order chi connectivity index (χ1) is 10.2. The minimum atomic E-state index is -0.416. The van der Waals surface area contributed by atoms with E-state index in [1.165, 1.54) is 15.3 Å². The average Bonchev–Trinajstić information content (AvgIpc) is 2.73. The number of thiophene rings is 1. The summed E-state index contributed by atoms with van der Waals surface area (Å²) in [6, 6.07) is 2.75. The van der Waals surface area contributed by atoms with E-state index in [1.807, 2.05) is 37.0 Å². The standard InChI is InChI=1S/C17H28N2O2S/c1-12-10-14(13(2)22-12)11-18-15-6-8-19(9-7-15)16(20)21-17(3,4)5/h10,15,18H,6-9,11H2,1-5H3. The fourth-order valence-electron chi connectivity index (χ4n) is 2.71. The highest BCUT2D eigenvalue weighted by Crippen LogP contribution is 2.21. The largest absolute Gasteiger partial charge is 0.444 e. The minimum Gasteiger partial charge on any atom is -0.444 e. The van der Waals surface area contributed by atoms with Gasteiger partial charge in [-0.1, -0.05) is 0 Å². The molecule has 22 heavy (non-hydrogen) atoms. The van der Waals surface area contributed by atoms with E-state index in [4.69, 9.17) is 4.74 Å². The minimum absolute atomic E-state index is 0.185. The van der Waals surface area contributed by atoms with Crippen molar-refractivity contribution in [1.29, 1.82) is 0 Å². The van der Waals surface area contributed by atoms with E-state index in [9.17, 15) is 4.79 Å². The second kappa shape index (κ2) is 7.01. The van der Waals surface area contributed by atoms with E-state index in [-0.39, 0.29) is 6.09 Å². The van der Waals surface area contributed by atoms with Crippen molar-refractivity contribution in [2.24, 2.45) is 0 Å². The number of nitrogens with zero attached hydrogens (tertiary/aromatic N) is 1. The molecule has 5 heteroatoms. The maximum absolute atomic E-state index is 12.0. The van der Waals surface area contributed by atoms with Gasteiger partial charge in [0.05, 0.1) is 0 Å². The van der Waals surface area contributed by atoms with Crippen molar-refractivity contribution < 1.29 is 9.53 Å². The third kappa shape index (κ3) is 4.99. The predicted octanol–water partition coefficient (Wildman–Crippen LogP) is 3.85. The van der Waals surface area contributed by atoms with E-state index >= 15 is 0 Å². The zero-order valence-corrected chi connectivity index (χ0v) is 15.2. The molecule has 124 valence electrons. The molecule has 0 spiro atoms. The highest BCUT2D eigenvalue weighted by Gasteiger charge is 2.26. The number of hydrogen-bond donors (Lipinski definition) is 1. The van der Waals surface area contributed by atoms with Gasteiger partial charge in [-0.05, 0) is 59.1 Å². The van der Waals surface area contributed by atoms with Crippen LogP contribution in [0.15, 0.2) is 6.07 Å². The van der Waals surface area contributed by atoms with Crippen molar-refractivity contribution in [3.05, 3.63) is 21.4 Å². The molecule has 1 aromatic heterocycles. The van der Waals surface area contributed by atoms with Crippen molar-refractivity contribution in [3.8, 4) is 0 Å². The fourth-order valence-corrected chi connectivity index (χ4v) is 3.65. The third-order valence-electron chi connectivity index (χ3n) is 3.87. The predicted molar refractivity (Wildman–Crippen MR) is 91.5 cm³/mol. The molecule has 1 aliphatic rings. The topological polar surface area (TPSA) is 41.6 Å². The summed E-state index contributed by atoms with van der Waals surface area (Å²) >= 11 is 1.86. The van der Waals surface area contributed by atoms with Crippen LogP contribution in [0.1, 0.15) is 48.9 Å². The van der Waals surface area contributed by atoms with Crippen LogP contribution in [0.4, 0.5) is 4.79 Å². The van der Waals surface area contributed by atoms with Crippen molar-refractivity contribution in [2.45, 2.75) is 65.6 Å². The van der Waals surface area contributed by atoms with Gasteiger partial charge in [-0.15, -0.1) is 11.3 Å². The number of carbonyl (C=O) groups excluding carboxylic acids is 1. The maximum Gasteiger partial charge on any atom is 0.410 e. The van der Waals surface area contributed by atoms with Crippen LogP contribution in [0.2, 0.25) is 0 Å². The van der Waals surface area contributed by atoms with E-state index in [0.717, 1.165) is 32.5 Å². The Bertz CT molecular complexity index is 511. The van der Waals surface area contributed by atoms with Crippen LogP contribution >= 0.6 is 11.3 Å². The van der Waals surface area contributed by atoms with Gasteiger partial charge in [0.15, 0.2) is 0 Å². The number of hydrogen-bond acceptors (Lipinski definition) is 4. The number of likely N-dealkylation sites (tertiary alicyclic amines) is 1.